The van der Waals surface area contributed by atoms with E-state index in [4.69, 9.17) is 4.74 Å². The second-order valence-electron chi connectivity index (χ2n) is 4.61. The zero-order valence-corrected chi connectivity index (χ0v) is 10.9. The molecule has 0 bridgehead atoms. The molecule has 0 aliphatic carbocycles. The molecule has 3 nitrogen and oxygen atoms in total. The van der Waals surface area contributed by atoms with Gasteiger partial charge in [-0.15, -0.1) is 0 Å². The maximum absolute atomic E-state index is 5.57. The lowest BCUT2D eigenvalue weighted by Crippen LogP contribution is -2.29. The van der Waals surface area contributed by atoms with Crippen molar-refractivity contribution in [2.45, 2.75) is 45.8 Å². The highest BCUT2D eigenvalue weighted by molar-refractivity contribution is 7.11. The quantitative estimate of drug-likeness (QED) is 0.809. The first-order valence-electron chi connectivity index (χ1n) is 6.07. The molecule has 1 saturated heterocycles. The fourth-order valence-electron chi connectivity index (χ4n) is 1.96. The van der Waals surface area contributed by atoms with Gasteiger partial charge in [0, 0.05) is 11.9 Å². The average molecular weight is 240 g/mol. The third-order valence-electron chi connectivity index (χ3n) is 2.70. The van der Waals surface area contributed by atoms with Crippen molar-refractivity contribution in [1.82, 2.24) is 9.88 Å². The van der Waals surface area contributed by atoms with Gasteiger partial charge in [-0.05, 0) is 39.8 Å². The molecule has 2 heterocycles. The summed E-state index contributed by atoms with van der Waals surface area (Å²) in [6.45, 7) is 7.49. The average Bonchev–Trinajstić information content (AvgIpc) is 2.66. The number of ether oxygens (including phenoxy) is 1. The summed E-state index contributed by atoms with van der Waals surface area (Å²) in [5, 5.41) is 2.92. The SMILES string of the molecule is CC(C)Oc1nc(CN2CCCCC2)cs1. The summed E-state index contributed by atoms with van der Waals surface area (Å²) in [5.41, 5.74) is 1.16. The van der Waals surface area contributed by atoms with Crippen LogP contribution in [0.15, 0.2) is 5.38 Å². The van der Waals surface area contributed by atoms with Gasteiger partial charge in [-0.2, -0.15) is 0 Å². The lowest BCUT2D eigenvalue weighted by atomic mass is 10.1. The molecule has 2 rings (SSSR count). The van der Waals surface area contributed by atoms with Gasteiger partial charge in [-0.25, -0.2) is 4.98 Å². The molecule has 1 fully saturated rings. The van der Waals surface area contributed by atoms with Crippen LogP contribution >= 0.6 is 11.3 Å². The van der Waals surface area contributed by atoms with Gasteiger partial charge in [0.1, 0.15) is 0 Å². The smallest absolute Gasteiger partial charge is 0.273 e. The van der Waals surface area contributed by atoms with Crippen LogP contribution < -0.4 is 4.74 Å². The predicted molar refractivity (Wildman–Crippen MR) is 67.0 cm³/mol. The maximum atomic E-state index is 5.57. The van der Waals surface area contributed by atoms with E-state index in [1.54, 1.807) is 11.3 Å². The van der Waals surface area contributed by atoms with Crippen LogP contribution in [0.1, 0.15) is 38.8 Å². The molecule has 0 unspecified atom stereocenters. The molecular weight excluding hydrogens is 220 g/mol. The zero-order valence-electron chi connectivity index (χ0n) is 10.1. The van der Waals surface area contributed by atoms with Crippen molar-refractivity contribution in [1.29, 1.82) is 0 Å². The van der Waals surface area contributed by atoms with Gasteiger partial charge >= 0.3 is 0 Å². The van der Waals surface area contributed by atoms with E-state index >= 15 is 0 Å². The first kappa shape index (κ1) is 11.9. The molecule has 4 heteroatoms. The highest BCUT2D eigenvalue weighted by Crippen LogP contribution is 2.21. The van der Waals surface area contributed by atoms with Crippen molar-refractivity contribution in [3.63, 3.8) is 0 Å². The molecule has 0 atom stereocenters. The second-order valence-corrected chi connectivity index (χ2v) is 5.43. The Morgan fingerprint density at radius 1 is 1.38 bits per heavy atom. The summed E-state index contributed by atoms with van der Waals surface area (Å²) in [5.74, 6) is 0. The fourth-order valence-corrected chi connectivity index (χ4v) is 2.75. The van der Waals surface area contributed by atoms with Gasteiger partial charge in [0.15, 0.2) is 0 Å². The number of likely N-dealkylation sites (tertiary alicyclic amines) is 1. The second kappa shape index (κ2) is 5.64. The largest absolute Gasteiger partial charge is 0.467 e. The Hall–Kier alpha value is -0.610. The monoisotopic (exact) mass is 240 g/mol. The summed E-state index contributed by atoms with van der Waals surface area (Å²) in [7, 11) is 0. The fraction of sp³-hybridized carbons (Fsp3) is 0.750. The maximum Gasteiger partial charge on any atom is 0.273 e. The molecule has 0 radical (unpaired) electrons. The van der Waals surface area contributed by atoms with E-state index < -0.39 is 0 Å². The molecule has 1 aliphatic heterocycles. The van der Waals surface area contributed by atoms with E-state index in [9.17, 15) is 0 Å². The summed E-state index contributed by atoms with van der Waals surface area (Å²) >= 11 is 1.61. The molecule has 0 spiro atoms. The van der Waals surface area contributed by atoms with E-state index in [2.05, 4.69) is 15.3 Å². The lowest BCUT2D eigenvalue weighted by molar-refractivity contribution is 0.215. The van der Waals surface area contributed by atoms with Crippen LogP contribution in [-0.2, 0) is 6.54 Å². The van der Waals surface area contributed by atoms with Crippen LogP contribution in [0, 0.1) is 0 Å². The Labute approximate surface area is 101 Å². The topological polar surface area (TPSA) is 25.4 Å². The molecule has 0 N–H and O–H groups in total. The van der Waals surface area contributed by atoms with Crippen molar-refractivity contribution in [3.8, 4) is 5.19 Å². The van der Waals surface area contributed by atoms with Crippen LogP contribution in [0.25, 0.3) is 0 Å². The lowest BCUT2D eigenvalue weighted by Gasteiger charge is -2.25. The summed E-state index contributed by atoms with van der Waals surface area (Å²) in [6.07, 6.45) is 4.27. The Balaban J connectivity index is 1.86. The Morgan fingerprint density at radius 3 is 2.81 bits per heavy atom. The standard InChI is InChI=1S/C12H20N2OS/c1-10(2)15-12-13-11(9-16-12)8-14-6-4-3-5-7-14/h9-10H,3-8H2,1-2H3. The van der Waals surface area contributed by atoms with Crippen LogP contribution in [0.4, 0.5) is 0 Å². The summed E-state index contributed by atoms with van der Waals surface area (Å²) in [4.78, 5) is 6.98. The highest BCUT2D eigenvalue weighted by atomic mass is 32.1. The Bertz CT molecular complexity index is 319. The van der Waals surface area contributed by atoms with E-state index in [1.165, 1.54) is 32.4 Å². The number of thiazole rings is 1. The van der Waals surface area contributed by atoms with Crippen LogP contribution in [-0.4, -0.2) is 29.1 Å². The van der Waals surface area contributed by atoms with Gasteiger partial charge in [-0.1, -0.05) is 17.8 Å². The number of nitrogens with zero attached hydrogens (tertiary/aromatic N) is 2. The van der Waals surface area contributed by atoms with Crippen LogP contribution in [0.3, 0.4) is 0 Å². The molecule has 0 aromatic carbocycles. The van der Waals surface area contributed by atoms with Crippen molar-refractivity contribution in [2.24, 2.45) is 0 Å². The zero-order chi connectivity index (χ0) is 11.4. The normalized spacial score (nSPS) is 17.9. The Kier molecular flexibility index (Phi) is 4.18. The van der Waals surface area contributed by atoms with Gasteiger partial charge in [0.25, 0.3) is 5.19 Å². The Morgan fingerprint density at radius 2 is 2.12 bits per heavy atom. The predicted octanol–water partition coefficient (Wildman–Crippen LogP) is 2.92. The molecular formula is C12H20N2OS. The molecule has 1 aromatic rings. The van der Waals surface area contributed by atoms with Gasteiger partial charge in [0.05, 0.1) is 11.8 Å². The molecule has 1 aromatic heterocycles. The molecule has 0 amide bonds. The minimum absolute atomic E-state index is 0.217. The van der Waals surface area contributed by atoms with Gasteiger partial charge < -0.3 is 4.74 Å². The number of hydrogen-bond donors (Lipinski definition) is 0. The van der Waals surface area contributed by atoms with Crippen molar-refractivity contribution in [3.05, 3.63) is 11.1 Å². The van der Waals surface area contributed by atoms with Gasteiger partial charge in [0.2, 0.25) is 0 Å². The molecule has 90 valence electrons. The third-order valence-corrected chi connectivity index (χ3v) is 3.48. The van der Waals surface area contributed by atoms with E-state index in [0.717, 1.165) is 17.4 Å². The van der Waals surface area contributed by atoms with E-state index in [1.807, 2.05) is 13.8 Å². The van der Waals surface area contributed by atoms with Gasteiger partial charge in [-0.3, -0.25) is 4.90 Å². The van der Waals surface area contributed by atoms with E-state index in [0.29, 0.717) is 0 Å². The van der Waals surface area contributed by atoms with Crippen molar-refractivity contribution in [2.75, 3.05) is 13.1 Å². The molecule has 1 aliphatic rings. The first-order chi connectivity index (χ1) is 7.74. The minimum atomic E-state index is 0.217. The van der Waals surface area contributed by atoms with Crippen molar-refractivity contribution >= 4 is 11.3 Å². The summed E-state index contributed by atoms with van der Waals surface area (Å²) < 4.78 is 5.57. The molecule has 16 heavy (non-hydrogen) atoms. The number of hydrogen-bond acceptors (Lipinski definition) is 4. The minimum Gasteiger partial charge on any atom is -0.467 e. The number of rotatable bonds is 4. The number of piperidine rings is 1. The summed E-state index contributed by atoms with van der Waals surface area (Å²) in [6, 6.07) is 0. The van der Waals surface area contributed by atoms with Crippen LogP contribution in [0.2, 0.25) is 0 Å². The first-order valence-corrected chi connectivity index (χ1v) is 6.95. The number of aromatic nitrogens is 1. The third kappa shape index (κ3) is 3.46. The van der Waals surface area contributed by atoms with Crippen molar-refractivity contribution < 1.29 is 4.74 Å². The van der Waals surface area contributed by atoms with E-state index in [-0.39, 0.29) is 6.10 Å². The van der Waals surface area contributed by atoms with Crippen LogP contribution in [0.5, 0.6) is 5.19 Å². The molecule has 0 saturated carbocycles. The highest BCUT2D eigenvalue weighted by Gasteiger charge is 2.12.